The Hall–Kier alpha value is -4.15. The molecular weight excluding hydrogens is 507 g/mol. The normalized spacial score (nSPS) is 10.8. The van der Waals surface area contributed by atoms with Crippen molar-refractivity contribution in [2.45, 2.75) is 6.42 Å². The summed E-state index contributed by atoms with van der Waals surface area (Å²) in [7, 11) is 1.40. The monoisotopic (exact) mass is 526 g/mol. The lowest BCUT2D eigenvalue weighted by atomic mass is 10.1. The van der Waals surface area contributed by atoms with Crippen molar-refractivity contribution in [3.63, 3.8) is 0 Å². The Kier molecular flexibility index (Phi) is 7.37. The molecule has 184 valence electrons. The van der Waals surface area contributed by atoms with Crippen molar-refractivity contribution in [2.75, 3.05) is 24.7 Å². The largest absolute Gasteiger partial charge is 0.467 e. The van der Waals surface area contributed by atoms with Crippen molar-refractivity contribution >= 4 is 57.4 Å². The highest BCUT2D eigenvalue weighted by molar-refractivity contribution is 6.34. The van der Waals surface area contributed by atoms with E-state index in [0.29, 0.717) is 29.1 Å². The number of methoxy groups -OCH3 is 1. The number of carbonyl (C=O) groups is 2. The van der Waals surface area contributed by atoms with E-state index in [4.69, 9.17) is 33.7 Å². The van der Waals surface area contributed by atoms with Gasteiger partial charge >= 0.3 is 6.01 Å². The Balaban J connectivity index is 1.47. The van der Waals surface area contributed by atoms with Crippen LogP contribution < -0.4 is 26.7 Å². The van der Waals surface area contributed by atoms with Gasteiger partial charge in [-0.05, 0) is 42.3 Å². The molecule has 0 spiro atoms. The second-order valence-electron chi connectivity index (χ2n) is 7.64. The summed E-state index contributed by atoms with van der Waals surface area (Å²) < 4.78 is 4.94. The molecule has 0 bridgehead atoms. The minimum Gasteiger partial charge on any atom is -0.467 e. The topological polar surface area (TPSA) is 152 Å². The maximum absolute atomic E-state index is 12.8. The number of anilines is 2. The summed E-state index contributed by atoms with van der Waals surface area (Å²) in [5.41, 5.74) is 7.06. The molecule has 0 aliphatic carbocycles. The number of aromatic amines is 1. The minimum atomic E-state index is -0.718. The van der Waals surface area contributed by atoms with E-state index >= 15 is 0 Å². The van der Waals surface area contributed by atoms with Gasteiger partial charge in [0.25, 0.3) is 17.4 Å². The van der Waals surface area contributed by atoms with Gasteiger partial charge in [-0.2, -0.15) is 4.98 Å². The molecular formula is C24H20Cl2N6O4. The molecule has 0 radical (unpaired) electrons. The van der Waals surface area contributed by atoms with Gasteiger partial charge in [0.2, 0.25) is 0 Å². The first kappa shape index (κ1) is 25.0. The van der Waals surface area contributed by atoms with Crippen LogP contribution in [0.25, 0.3) is 11.0 Å². The maximum Gasteiger partial charge on any atom is 0.318 e. The van der Waals surface area contributed by atoms with Crippen LogP contribution >= 0.6 is 23.2 Å². The second-order valence-corrected chi connectivity index (χ2v) is 8.45. The fourth-order valence-corrected chi connectivity index (χ4v) is 3.77. The number of rotatable bonds is 7. The molecule has 2 amide bonds. The molecule has 2 aromatic heterocycles. The number of fused-ring (bicyclic) bond motifs is 1. The number of halogens is 2. The number of para-hydroxylation sites is 1. The number of nitrogens with one attached hydrogen (secondary N) is 3. The minimum absolute atomic E-state index is 0.0771. The lowest BCUT2D eigenvalue weighted by Gasteiger charge is -2.11. The number of amides is 2. The summed E-state index contributed by atoms with van der Waals surface area (Å²) in [5, 5.41) is 6.45. The van der Waals surface area contributed by atoms with Gasteiger partial charge in [-0.1, -0.05) is 35.3 Å². The van der Waals surface area contributed by atoms with Crippen LogP contribution in [0, 0.1) is 0 Å². The Bertz CT molecular complexity index is 1540. The predicted molar refractivity (Wildman–Crippen MR) is 138 cm³/mol. The number of nitrogen functional groups attached to an aromatic ring is 1. The Morgan fingerprint density at radius 2 is 1.92 bits per heavy atom. The summed E-state index contributed by atoms with van der Waals surface area (Å²) >= 11 is 12.3. The average molecular weight is 527 g/mol. The van der Waals surface area contributed by atoms with Gasteiger partial charge in [0.15, 0.2) is 0 Å². The van der Waals surface area contributed by atoms with Gasteiger partial charge in [-0.25, -0.2) is 4.98 Å². The van der Waals surface area contributed by atoms with Crippen LogP contribution in [0.2, 0.25) is 10.0 Å². The lowest BCUT2D eigenvalue weighted by molar-refractivity contribution is 0.0952. The number of ether oxygens (including phenoxy) is 1. The molecule has 2 aromatic carbocycles. The van der Waals surface area contributed by atoms with Crippen LogP contribution in [0.15, 0.2) is 53.5 Å². The van der Waals surface area contributed by atoms with Crippen molar-refractivity contribution in [2.24, 2.45) is 0 Å². The first-order valence-electron chi connectivity index (χ1n) is 10.6. The van der Waals surface area contributed by atoms with E-state index in [9.17, 15) is 14.4 Å². The molecule has 0 saturated carbocycles. The van der Waals surface area contributed by atoms with E-state index in [2.05, 4.69) is 25.6 Å². The molecule has 0 aliphatic heterocycles. The standard InChI is InChI=1S/C24H20Cl2N6O4/c1-36-24-29-11-14-9-15(23(35)31-20(14)32-24)22(34)30-18-10-13(5-6-16(18)25)21(33)28-8-7-12-3-2-4-17(26)19(12)27/h2-6,9-11H,7-8,27H2,1H3,(H,28,33)(H,30,34)(H,29,31,32,35). The third-order valence-corrected chi connectivity index (χ3v) is 5.96. The summed E-state index contributed by atoms with van der Waals surface area (Å²) in [6, 6.07) is 11.2. The predicted octanol–water partition coefficient (Wildman–Crippen LogP) is 3.44. The highest BCUT2D eigenvalue weighted by Gasteiger charge is 2.16. The first-order chi connectivity index (χ1) is 17.3. The van der Waals surface area contributed by atoms with E-state index in [1.165, 1.54) is 37.6 Å². The van der Waals surface area contributed by atoms with E-state index in [1.807, 2.05) is 6.07 Å². The fourth-order valence-electron chi connectivity index (χ4n) is 3.41. The number of H-pyrrole nitrogens is 1. The quantitative estimate of drug-likeness (QED) is 0.269. The molecule has 10 nitrogen and oxygen atoms in total. The number of pyridine rings is 1. The van der Waals surface area contributed by atoms with Gasteiger partial charge in [0.1, 0.15) is 11.2 Å². The number of carbonyl (C=O) groups excluding carboxylic acids is 2. The molecule has 0 fully saturated rings. The number of benzene rings is 2. The van der Waals surface area contributed by atoms with Crippen LogP contribution in [0.4, 0.5) is 11.4 Å². The van der Waals surface area contributed by atoms with Crippen molar-refractivity contribution in [3.8, 4) is 6.01 Å². The van der Waals surface area contributed by atoms with E-state index < -0.39 is 11.5 Å². The number of hydrogen-bond acceptors (Lipinski definition) is 7. The van der Waals surface area contributed by atoms with Gasteiger partial charge in [0, 0.05) is 23.7 Å². The highest BCUT2D eigenvalue weighted by atomic mass is 35.5. The molecule has 2 heterocycles. The summed E-state index contributed by atoms with van der Waals surface area (Å²) in [4.78, 5) is 48.5. The highest BCUT2D eigenvalue weighted by Crippen LogP contribution is 2.25. The van der Waals surface area contributed by atoms with Crippen molar-refractivity contribution in [3.05, 3.63) is 85.8 Å². The van der Waals surface area contributed by atoms with Gasteiger partial charge in [0.05, 0.1) is 28.5 Å². The van der Waals surface area contributed by atoms with Gasteiger partial charge in [-0.15, -0.1) is 0 Å². The van der Waals surface area contributed by atoms with Crippen LogP contribution in [-0.4, -0.2) is 40.4 Å². The van der Waals surface area contributed by atoms with E-state index in [1.54, 1.807) is 12.1 Å². The van der Waals surface area contributed by atoms with Crippen molar-refractivity contribution in [1.82, 2.24) is 20.3 Å². The smallest absolute Gasteiger partial charge is 0.318 e. The summed E-state index contributed by atoms with van der Waals surface area (Å²) in [5.74, 6) is -1.10. The third kappa shape index (κ3) is 5.40. The third-order valence-electron chi connectivity index (χ3n) is 5.30. The molecule has 4 aromatic rings. The average Bonchev–Trinajstić information content (AvgIpc) is 2.86. The molecule has 4 rings (SSSR count). The van der Waals surface area contributed by atoms with Gasteiger partial charge < -0.3 is 26.1 Å². The molecule has 36 heavy (non-hydrogen) atoms. The Morgan fingerprint density at radius 3 is 2.69 bits per heavy atom. The number of hydrogen-bond donors (Lipinski definition) is 4. The Labute approximate surface area is 214 Å². The SMILES string of the molecule is COc1ncc2cc(C(=O)Nc3cc(C(=O)NCCc4cccc(Cl)c4N)ccc3Cl)c(=O)[nH]c2n1. The molecule has 12 heteroatoms. The van der Waals surface area contributed by atoms with Gasteiger partial charge in [-0.3, -0.25) is 14.4 Å². The molecule has 0 unspecified atom stereocenters. The molecule has 0 saturated heterocycles. The molecule has 0 aliphatic rings. The summed E-state index contributed by atoms with van der Waals surface area (Å²) in [6.07, 6.45) is 1.90. The molecule has 0 atom stereocenters. The Morgan fingerprint density at radius 1 is 1.11 bits per heavy atom. The second kappa shape index (κ2) is 10.6. The van der Waals surface area contributed by atoms with E-state index in [-0.39, 0.29) is 39.4 Å². The van der Waals surface area contributed by atoms with Crippen LogP contribution in [0.3, 0.4) is 0 Å². The zero-order valence-electron chi connectivity index (χ0n) is 18.9. The zero-order valence-corrected chi connectivity index (χ0v) is 20.4. The number of nitrogens with two attached hydrogens (primary N) is 1. The van der Waals surface area contributed by atoms with Crippen molar-refractivity contribution < 1.29 is 14.3 Å². The first-order valence-corrected chi connectivity index (χ1v) is 11.4. The van der Waals surface area contributed by atoms with E-state index in [0.717, 1.165) is 5.56 Å². The van der Waals surface area contributed by atoms with Crippen LogP contribution in [0.1, 0.15) is 26.3 Å². The van der Waals surface area contributed by atoms with Crippen LogP contribution in [0.5, 0.6) is 6.01 Å². The number of aromatic nitrogens is 3. The van der Waals surface area contributed by atoms with Crippen LogP contribution in [-0.2, 0) is 6.42 Å². The fraction of sp³-hybridized carbons (Fsp3) is 0.125. The number of nitrogens with zero attached hydrogens (tertiary/aromatic N) is 2. The van der Waals surface area contributed by atoms with Crippen molar-refractivity contribution in [1.29, 1.82) is 0 Å². The summed E-state index contributed by atoms with van der Waals surface area (Å²) in [6.45, 7) is 0.313. The lowest BCUT2D eigenvalue weighted by Crippen LogP contribution is -2.26. The maximum atomic E-state index is 12.8. The molecule has 5 N–H and O–H groups in total. The zero-order chi connectivity index (χ0) is 25.8.